The summed E-state index contributed by atoms with van der Waals surface area (Å²) in [6.45, 7) is 4.34. The number of thioether (sulfide) groups is 1. The van der Waals surface area contributed by atoms with Crippen LogP contribution in [-0.2, 0) is 19.1 Å². The van der Waals surface area contributed by atoms with E-state index in [9.17, 15) is 9.59 Å². The Morgan fingerprint density at radius 1 is 0.579 bits per heavy atom. The summed E-state index contributed by atoms with van der Waals surface area (Å²) in [5.41, 5.74) is 4.03. The van der Waals surface area contributed by atoms with Crippen molar-refractivity contribution in [3.63, 3.8) is 0 Å². The first-order valence-electron chi connectivity index (χ1n) is 19.3. The number of esters is 2. The molecule has 0 aliphatic carbocycles. The van der Waals surface area contributed by atoms with Crippen LogP contribution in [0.15, 0.2) is 91.0 Å². The molecule has 0 saturated heterocycles. The lowest BCUT2D eigenvalue weighted by Gasteiger charge is -2.12. The number of fused-ring (bicyclic) bond motifs is 20. The zero-order valence-corrected chi connectivity index (χ0v) is 32.6. The maximum atomic E-state index is 12.7. The van der Waals surface area contributed by atoms with E-state index in [0.29, 0.717) is 30.3 Å². The molecule has 1 unspecified atom stereocenters. The summed E-state index contributed by atoms with van der Waals surface area (Å²) >= 11 is 1.54. The number of rotatable bonds is 11. The van der Waals surface area contributed by atoms with E-state index in [0.717, 1.165) is 87.3 Å². The lowest BCUT2D eigenvalue weighted by atomic mass is 10.1. The summed E-state index contributed by atoms with van der Waals surface area (Å²) in [6, 6.07) is 31.5. The van der Waals surface area contributed by atoms with Crippen LogP contribution in [0.5, 0.6) is 5.75 Å². The fourth-order valence-electron chi connectivity index (χ4n) is 7.70. The number of aromatic nitrogens is 4. The predicted molar refractivity (Wildman–Crippen MR) is 230 cm³/mol. The van der Waals surface area contributed by atoms with E-state index < -0.39 is 0 Å². The zero-order valence-electron chi connectivity index (χ0n) is 31.7. The van der Waals surface area contributed by atoms with Crippen LogP contribution in [-0.4, -0.2) is 63.2 Å². The summed E-state index contributed by atoms with van der Waals surface area (Å²) in [7, 11) is 0. The number of benzene rings is 4. The molecule has 286 valence electrons. The van der Waals surface area contributed by atoms with Gasteiger partial charge in [0, 0.05) is 98.8 Å². The maximum Gasteiger partial charge on any atom is 0.309 e. The van der Waals surface area contributed by atoms with Crippen molar-refractivity contribution in [1.29, 1.82) is 0 Å². The summed E-state index contributed by atoms with van der Waals surface area (Å²) in [4.78, 5) is 39.2. The van der Waals surface area contributed by atoms with E-state index in [-0.39, 0.29) is 31.1 Å². The molecule has 0 radical (unpaired) electrons. The van der Waals surface area contributed by atoms with E-state index in [1.807, 2.05) is 19.1 Å². The van der Waals surface area contributed by atoms with Crippen LogP contribution < -0.4 is 26.1 Å². The highest BCUT2D eigenvalue weighted by Crippen LogP contribution is 2.27. The van der Waals surface area contributed by atoms with Crippen LogP contribution in [0, 0.1) is 5.92 Å². The van der Waals surface area contributed by atoms with Crippen LogP contribution in [0.3, 0.4) is 0 Å². The van der Waals surface area contributed by atoms with E-state index in [1.165, 1.54) is 0 Å². The second kappa shape index (κ2) is 15.6. The van der Waals surface area contributed by atoms with E-state index in [2.05, 4.69) is 123 Å². The molecule has 1 atom stereocenters. The first kappa shape index (κ1) is 36.3. The lowest BCUT2D eigenvalue weighted by Crippen LogP contribution is -2.20. The van der Waals surface area contributed by atoms with Gasteiger partial charge in [-0.25, -0.2) is 0 Å². The first-order chi connectivity index (χ1) is 27.9. The number of carbonyl (C=O) groups excluding carboxylic acids is 2. The van der Waals surface area contributed by atoms with Gasteiger partial charge in [-0.15, -0.1) is 0 Å². The van der Waals surface area contributed by atoms with E-state index in [4.69, 9.17) is 14.2 Å². The van der Waals surface area contributed by atoms with Crippen molar-refractivity contribution in [3.05, 3.63) is 135 Å². The van der Waals surface area contributed by atoms with Crippen molar-refractivity contribution >= 4 is 91.1 Å². The summed E-state index contributed by atoms with van der Waals surface area (Å²) in [5, 5.41) is 12.8. The molecule has 57 heavy (non-hydrogen) atoms. The van der Waals surface area contributed by atoms with Crippen molar-refractivity contribution in [2.75, 3.05) is 31.3 Å². The molecule has 0 fully saturated rings. The zero-order chi connectivity index (χ0) is 38.9. The molecule has 0 saturated carbocycles. The van der Waals surface area contributed by atoms with Crippen LogP contribution in [0.1, 0.15) is 43.0 Å². The fourth-order valence-corrected chi connectivity index (χ4v) is 8.66. The molecule has 10 heteroatoms. The number of nitrogens with one attached hydrogen (secondary N) is 4. The predicted octanol–water partition coefficient (Wildman–Crippen LogP) is 6.48. The first-order valence-corrected chi connectivity index (χ1v) is 20.5. The third-order valence-electron chi connectivity index (χ3n) is 10.4. The number of carbonyl (C=O) groups is 2. The normalized spacial score (nSPS) is 12.8. The average molecular weight is 775 g/mol. The van der Waals surface area contributed by atoms with Crippen molar-refractivity contribution in [3.8, 4) is 5.75 Å². The monoisotopic (exact) mass is 774 g/mol. The molecule has 9 rings (SSSR count). The van der Waals surface area contributed by atoms with Gasteiger partial charge in [0.2, 0.25) is 0 Å². The van der Waals surface area contributed by atoms with Crippen LogP contribution >= 0.6 is 11.8 Å². The van der Waals surface area contributed by atoms with Crippen molar-refractivity contribution in [2.24, 2.45) is 5.92 Å². The van der Waals surface area contributed by atoms with Gasteiger partial charge in [0.25, 0.3) is 0 Å². The summed E-state index contributed by atoms with van der Waals surface area (Å²) in [5.74, 6) is 1.04. The van der Waals surface area contributed by atoms with Gasteiger partial charge < -0.3 is 34.1 Å². The van der Waals surface area contributed by atoms with Gasteiger partial charge in [0.15, 0.2) is 0 Å². The molecule has 9 nitrogen and oxygen atoms in total. The number of hydrogen-bond acceptors (Lipinski definition) is 6. The van der Waals surface area contributed by atoms with Crippen molar-refractivity contribution in [1.82, 2.24) is 19.9 Å². The van der Waals surface area contributed by atoms with Crippen LogP contribution in [0.25, 0.3) is 67.4 Å². The third-order valence-corrected chi connectivity index (χ3v) is 11.7. The number of hydrogen-bond donors (Lipinski definition) is 4. The Labute approximate surface area is 332 Å². The molecule has 8 aromatic rings. The highest BCUT2D eigenvalue weighted by Gasteiger charge is 2.16. The third kappa shape index (κ3) is 7.24. The molecule has 0 amide bonds. The number of H-pyrrole nitrogens is 4. The molecular formula is C47H42N4O5S. The second-order valence-corrected chi connectivity index (χ2v) is 15.4. The molecule has 4 N–H and O–H groups in total. The highest BCUT2D eigenvalue weighted by atomic mass is 32.2. The van der Waals surface area contributed by atoms with Crippen LogP contribution in [0.4, 0.5) is 0 Å². The van der Waals surface area contributed by atoms with E-state index >= 15 is 0 Å². The molecule has 1 aliphatic heterocycles. The Hall–Kier alpha value is -6.39. The standard InChI is InChI=1S/C47H42N4O5S/c1-3-54-46(52)18-21-57-27-28(2)47(53)56-20-19-55-29-16-17-36-37(22-29)45-26-43-35-15-9-8-14-34(35)41(50-43)24-39-31-11-5-4-10-30(31)38(48-39)23-40-32-12-6-7-13-33(32)42(49-40)25-44(36)51-45/h4-17,22-26,28,48-51H,3,18-21,27H2,1-2H3. The maximum absolute atomic E-state index is 12.7. The molecule has 4 aromatic heterocycles. The minimum absolute atomic E-state index is 0.129. The lowest BCUT2D eigenvalue weighted by molar-refractivity contribution is -0.147. The minimum atomic E-state index is -0.299. The SMILES string of the molecule is CCOC(=O)CCSCC(C)C(=O)OCCOc1ccc2c3[nH]c(c2c1)=Cc1[nH]c(c2ccccc12)C=c1[nH]c(c2ccccc12)=Cc1[nH]c(c2ccccc12)C=3. The highest BCUT2D eigenvalue weighted by molar-refractivity contribution is 7.99. The van der Waals surface area contributed by atoms with Gasteiger partial charge in [-0.2, -0.15) is 11.8 Å². The molecule has 8 bridgehead atoms. The van der Waals surface area contributed by atoms with Crippen LogP contribution in [0.2, 0.25) is 0 Å². The van der Waals surface area contributed by atoms with Gasteiger partial charge in [-0.3, -0.25) is 9.59 Å². The Balaban J connectivity index is 1.08. The Kier molecular flexibility index (Phi) is 9.94. The van der Waals surface area contributed by atoms with Crippen molar-refractivity contribution < 1.29 is 23.8 Å². The molecule has 5 heterocycles. The van der Waals surface area contributed by atoms with Gasteiger partial charge in [-0.05, 0) is 49.4 Å². The Bertz CT molecular complexity index is 3070. The molecule has 1 aliphatic rings. The molecule has 4 aromatic carbocycles. The number of aromatic amines is 4. The van der Waals surface area contributed by atoms with Gasteiger partial charge >= 0.3 is 11.9 Å². The Morgan fingerprint density at radius 3 is 1.56 bits per heavy atom. The largest absolute Gasteiger partial charge is 0.490 e. The van der Waals surface area contributed by atoms with E-state index in [1.54, 1.807) is 18.7 Å². The van der Waals surface area contributed by atoms with Gasteiger partial charge in [0.1, 0.15) is 19.0 Å². The smallest absolute Gasteiger partial charge is 0.309 e. The summed E-state index contributed by atoms with van der Waals surface area (Å²) < 4.78 is 16.7. The molecule has 0 spiro atoms. The second-order valence-electron chi connectivity index (χ2n) is 14.3. The number of ether oxygens (including phenoxy) is 3. The minimum Gasteiger partial charge on any atom is -0.490 e. The quantitative estimate of drug-likeness (QED) is 0.0881. The Morgan fingerprint density at radius 2 is 1.05 bits per heavy atom. The van der Waals surface area contributed by atoms with Gasteiger partial charge in [-0.1, -0.05) is 79.7 Å². The van der Waals surface area contributed by atoms with Gasteiger partial charge in [0.05, 0.1) is 18.9 Å². The van der Waals surface area contributed by atoms with Crippen molar-refractivity contribution in [2.45, 2.75) is 20.3 Å². The fraction of sp³-hybridized carbons (Fsp3) is 0.191. The summed E-state index contributed by atoms with van der Waals surface area (Å²) in [6.07, 6.45) is 9.11. The topological polar surface area (TPSA) is 125 Å². The molecular weight excluding hydrogens is 733 g/mol. The average Bonchev–Trinajstić information content (AvgIpc) is 3.96.